The summed E-state index contributed by atoms with van der Waals surface area (Å²) in [6.45, 7) is 0.691. The van der Waals surface area contributed by atoms with Gasteiger partial charge in [0.05, 0.1) is 12.3 Å². The van der Waals surface area contributed by atoms with Crippen molar-refractivity contribution in [2.24, 2.45) is 0 Å². The topological polar surface area (TPSA) is 58.2 Å². The largest absolute Gasteiger partial charge is 0.306 e. The van der Waals surface area contributed by atoms with Crippen molar-refractivity contribution in [3.63, 3.8) is 0 Å². The zero-order valence-electron chi connectivity index (χ0n) is 15.1. The predicted molar refractivity (Wildman–Crippen MR) is 104 cm³/mol. The molecule has 2 aromatic rings. The SMILES string of the molecule is CCS(=O)(=O)N[C@@H]1[C@H](Cc2cccc(-c3cccc(Cl)c3)c2F)NCC1(F)F. The number of rotatable bonds is 6. The quantitative estimate of drug-likeness (QED) is 0.733. The van der Waals surface area contributed by atoms with Gasteiger partial charge in [0, 0.05) is 16.6 Å². The fourth-order valence-corrected chi connectivity index (χ4v) is 4.36. The van der Waals surface area contributed by atoms with Crippen LogP contribution in [0.5, 0.6) is 0 Å². The van der Waals surface area contributed by atoms with Crippen molar-refractivity contribution < 1.29 is 21.6 Å². The molecule has 2 aromatic carbocycles. The minimum Gasteiger partial charge on any atom is -0.306 e. The summed E-state index contributed by atoms with van der Waals surface area (Å²) in [6, 6.07) is 8.81. The van der Waals surface area contributed by atoms with Crippen LogP contribution in [0.1, 0.15) is 12.5 Å². The summed E-state index contributed by atoms with van der Waals surface area (Å²) >= 11 is 5.97. The molecule has 0 aliphatic carbocycles. The van der Waals surface area contributed by atoms with Crippen molar-refractivity contribution in [1.82, 2.24) is 10.0 Å². The average molecular weight is 433 g/mol. The third-order valence-corrected chi connectivity index (χ3v) is 6.41. The van der Waals surface area contributed by atoms with E-state index in [9.17, 15) is 17.2 Å². The van der Waals surface area contributed by atoms with Crippen molar-refractivity contribution in [3.05, 3.63) is 58.9 Å². The molecule has 2 N–H and O–H groups in total. The molecule has 4 nitrogen and oxygen atoms in total. The van der Waals surface area contributed by atoms with Crippen LogP contribution in [0.2, 0.25) is 5.02 Å². The zero-order valence-corrected chi connectivity index (χ0v) is 16.6. The van der Waals surface area contributed by atoms with Crippen molar-refractivity contribution in [1.29, 1.82) is 0 Å². The van der Waals surface area contributed by atoms with Gasteiger partial charge in [0.15, 0.2) is 0 Å². The van der Waals surface area contributed by atoms with E-state index in [2.05, 4.69) is 10.0 Å². The molecule has 152 valence electrons. The van der Waals surface area contributed by atoms with E-state index in [4.69, 9.17) is 11.6 Å². The van der Waals surface area contributed by atoms with Gasteiger partial charge in [0.25, 0.3) is 5.92 Å². The number of hydrogen-bond donors (Lipinski definition) is 2. The molecule has 0 aromatic heterocycles. The van der Waals surface area contributed by atoms with Crippen molar-refractivity contribution >= 4 is 21.6 Å². The highest BCUT2D eigenvalue weighted by Gasteiger charge is 2.51. The van der Waals surface area contributed by atoms with Crippen LogP contribution in [0.25, 0.3) is 11.1 Å². The Morgan fingerprint density at radius 3 is 2.64 bits per heavy atom. The molecule has 9 heteroatoms. The van der Waals surface area contributed by atoms with E-state index in [0.29, 0.717) is 16.1 Å². The fourth-order valence-electron chi connectivity index (χ4n) is 3.28. The summed E-state index contributed by atoms with van der Waals surface area (Å²) in [5.41, 5.74) is 1.09. The van der Waals surface area contributed by atoms with Gasteiger partial charge in [-0.1, -0.05) is 41.9 Å². The first-order chi connectivity index (χ1) is 13.1. The molecular weight excluding hydrogens is 413 g/mol. The highest BCUT2D eigenvalue weighted by Crippen LogP contribution is 2.31. The summed E-state index contributed by atoms with van der Waals surface area (Å²) in [6.07, 6.45) is -0.0905. The smallest absolute Gasteiger partial charge is 0.277 e. The van der Waals surface area contributed by atoms with E-state index in [1.54, 1.807) is 36.4 Å². The van der Waals surface area contributed by atoms with Gasteiger partial charge >= 0.3 is 0 Å². The van der Waals surface area contributed by atoms with Crippen LogP contribution in [0, 0.1) is 5.82 Å². The van der Waals surface area contributed by atoms with Crippen molar-refractivity contribution in [2.75, 3.05) is 12.3 Å². The maximum Gasteiger partial charge on any atom is 0.277 e. The lowest BCUT2D eigenvalue weighted by atomic mass is 9.96. The third-order valence-electron chi connectivity index (χ3n) is 4.80. The van der Waals surface area contributed by atoms with Crippen molar-refractivity contribution in [3.8, 4) is 11.1 Å². The second-order valence-corrected chi connectivity index (χ2v) is 9.22. The Morgan fingerprint density at radius 1 is 1.25 bits per heavy atom. The molecule has 28 heavy (non-hydrogen) atoms. The number of halogens is 4. The van der Waals surface area contributed by atoms with Gasteiger partial charge in [-0.3, -0.25) is 0 Å². The van der Waals surface area contributed by atoms with E-state index in [-0.39, 0.29) is 17.7 Å². The Morgan fingerprint density at radius 2 is 1.96 bits per heavy atom. The number of sulfonamides is 1. The summed E-state index contributed by atoms with van der Waals surface area (Å²) in [4.78, 5) is 0. The summed E-state index contributed by atoms with van der Waals surface area (Å²) in [7, 11) is -3.84. The Bertz CT molecular complexity index is 969. The lowest BCUT2D eigenvalue weighted by molar-refractivity contribution is -0.000879. The lowest BCUT2D eigenvalue weighted by Crippen LogP contribution is -2.51. The molecule has 0 bridgehead atoms. The minimum atomic E-state index is -3.84. The fraction of sp³-hybridized carbons (Fsp3) is 0.368. The molecule has 1 aliphatic rings. The van der Waals surface area contributed by atoms with Gasteiger partial charge in [0.2, 0.25) is 10.0 Å². The number of benzene rings is 2. The second-order valence-electron chi connectivity index (χ2n) is 6.74. The first-order valence-electron chi connectivity index (χ1n) is 8.77. The Hall–Kier alpha value is -1.61. The third kappa shape index (κ3) is 4.51. The van der Waals surface area contributed by atoms with Gasteiger partial charge in [-0.2, -0.15) is 0 Å². The standard InChI is InChI=1S/C19H20ClF3N2O2S/c1-2-28(26,27)25-18-16(24-11-19(18,22)23)10-13-6-4-8-15(17(13)21)12-5-3-7-14(20)9-12/h3-9,16,18,24-25H,2,10-11H2,1H3/t16-,18+/m0/s1. The normalized spacial score (nSPS) is 21.8. The monoisotopic (exact) mass is 432 g/mol. The Balaban J connectivity index is 1.90. The molecule has 1 saturated heterocycles. The van der Waals surface area contributed by atoms with Gasteiger partial charge in [-0.25, -0.2) is 26.3 Å². The van der Waals surface area contributed by atoms with E-state index in [1.807, 2.05) is 0 Å². The van der Waals surface area contributed by atoms with E-state index >= 15 is 4.39 Å². The lowest BCUT2D eigenvalue weighted by Gasteiger charge is -2.24. The molecule has 1 aliphatic heterocycles. The molecule has 2 atom stereocenters. The highest BCUT2D eigenvalue weighted by molar-refractivity contribution is 7.89. The number of nitrogens with one attached hydrogen (secondary N) is 2. The zero-order chi connectivity index (χ0) is 20.5. The summed E-state index contributed by atoms with van der Waals surface area (Å²) in [5, 5.41) is 3.08. The molecular formula is C19H20ClF3N2O2S. The number of alkyl halides is 2. The van der Waals surface area contributed by atoms with E-state index < -0.39 is 40.4 Å². The van der Waals surface area contributed by atoms with Crippen LogP contribution in [0.4, 0.5) is 13.2 Å². The first kappa shape index (κ1) is 21.1. The Labute approximate surface area is 167 Å². The number of hydrogen-bond acceptors (Lipinski definition) is 3. The maximum atomic E-state index is 15.1. The van der Waals surface area contributed by atoms with Crippen LogP contribution in [0.3, 0.4) is 0 Å². The average Bonchev–Trinajstić information content (AvgIpc) is 2.91. The maximum absolute atomic E-state index is 15.1. The molecule has 0 spiro atoms. The van der Waals surface area contributed by atoms with Crippen LogP contribution in [0.15, 0.2) is 42.5 Å². The van der Waals surface area contributed by atoms with E-state index in [0.717, 1.165) is 0 Å². The van der Waals surface area contributed by atoms with Gasteiger partial charge in [0.1, 0.15) is 11.9 Å². The highest BCUT2D eigenvalue weighted by atomic mass is 35.5. The molecule has 1 heterocycles. The van der Waals surface area contributed by atoms with Crippen LogP contribution in [-0.2, 0) is 16.4 Å². The summed E-state index contributed by atoms with van der Waals surface area (Å²) < 4.78 is 69.2. The van der Waals surface area contributed by atoms with E-state index in [1.165, 1.54) is 13.0 Å². The molecule has 0 amide bonds. The molecule has 1 fully saturated rings. The van der Waals surface area contributed by atoms with Gasteiger partial charge in [-0.15, -0.1) is 0 Å². The summed E-state index contributed by atoms with van der Waals surface area (Å²) in [5.74, 6) is -4.13. The van der Waals surface area contributed by atoms with Crippen molar-refractivity contribution in [2.45, 2.75) is 31.4 Å². The van der Waals surface area contributed by atoms with Gasteiger partial charge < -0.3 is 5.32 Å². The predicted octanol–water partition coefficient (Wildman–Crippen LogP) is 3.60. The first-order valence-corrected chi connectivity index (χ1v) is 10.8. The molecule has 3 rings (SSSR count). The molecule has 0 radical (unpaired) electrons. The van der Waals surface area contributed by atoms with Crippen LogP contribution in [-0.4, -0.2) is 38.7 Å². The minimum absolute atomic E-state index is 0.0905. The van der Waals surface area contributed by atoms with Crippen LogP contribution < -0.4 is 10.0 Å². The molecule has 0 unspecified atom stereocenters. The second kappa shape index (κ2) is 8.02. The Kier molecular flexibility index (Phi) is 6.05. The van der Waals surface area contributed by atoms with Crippen LogP contribution >= 0.6 is 11.6 Å². The molecule has 0 saturated carbocycles. The van der Waals surface area contributed by atoms with Gasteiger partial charge in [-0.05, 0) is 36.6 Å².